The molecule has 1 fully saturated rings. The minimum Gasteiger partial charge on any atom is -0.503 e. The third kappa shape index (κ3) is 2.81. The van der Waals surface area contributed by atoms with Crippen LogP contribution in [-0.2, 0) is 11.3 Å². The first-order chi connectivity index (χ1) is 10.6. The lowest BCUT2D eigenvalue weighted by molar-refractivity contribution is -0.133. The Morgan fingerprint density at radius 1 is 1.32 bits per heavy atom. The van der Waals surface area contributed by atoms with Crippen LogP contribution < -0.4 is 0 Å². The van der Waals surface area contributed by atoms with Gasteiger partial charge in [0.25, 0.3) is 0 Å². The fraction of sp³-hybridized carbons (Fsp3) is 0.333. The quantitative estimate of drug-likeness (QED) is 0.942. The Hall–Kier alpha value is -2.02. The van der Waals surface area contributed by atoms with Crippen molar-refractivity contribution < 1.29 is 18.7 Å². The molecular formula is C15H14F2N2O2S. The van der Waals surface area contributed by atoms with Crippen molar-refractivity contribution in [1.82, 2.24) is 9.88 Å². The first-order valence-corrected chi connectivity index (χ1v) is 7.77. The van der Waals surface area contributed by atoms with Crippen LogP contribution in [-0.4, -0.2) is 27.4 Å². The number of rotatable bonds is 3. The molecule has 4 nitrogen and oxygen atoms in total. The van der Waals surface area contributed by atoms with Gasteiger partial charge in [-0.05, 0) is 25.0 Å². The van der Waals surface area contributed by atoms with Gasteiger partial charge < -0.3 is 10.0 Å². The Labute approximate surface area is 130 Å². The Morgan fingerprint density at radius 3 is 2.91 bits per heavy atom. The van der Waals surface area contributed by atoms with Gasteiger partial charge >= 0.3 is 0 Å². The molecular weight excluding hydrogens is 310 g/mol. The molecule has 0 saturated carbocycles. The number of hydrogen-bond donors (Lipinski definition) is 1. The molecule has 0 radical (unpaired) electrons. The number of aromatic hydroxyl groups is 1. The lowest BCUT2D eigenvalue weighted by Crippen LogP contribution is -2.34. The van der Waals surface area contributed by atoms with Crippen molar-refractivity contribution in [2.24, 2.45) is 0 Å². The van der Waals surface area contributed by atoms with Gasteiger partial charge in [0.15, 0.2) is 17.4 Å². The molecule has 1 aliphatic rings. The summed E-state index contributed by atoms with van der Waals surface area (Å²) < 4.78 is 27.0. The standard InChI is InChI=1S/C15H14F2N2O2S/c16-11-5-4-10(13(17)14(11)21)15-18-7-9(22-15)8-19-6-2-1-3-12(19)20/h4-5,7,21H,1-3,6,8H2. The summed E-state index contributed by atoms with van der Waals surface area (Å²) in [6, 6.07) is 2.25. The second-order valence-corrected chi connectivity index (χ2v) is 6.28. The second-order valence-electron chi connectivity index (χ2n) is 5.16. The highest BCUT2D eigenvalue weighted by Gasteiger charge is 2.20. The predicted octanol–water partition coefficient (Wildman–Crippen LogP) is 3.31. The molecule has 1 saturated heterocycles. The molecule has 3 rings (SSSR count). The van der Waals surface area contributed by atoms with Crippen LogP contribution in [0.25, 0.3) is 10.6 Å². The maximum absolute atomic E-state index is 13.9. The maximum Gasteiger partial charge on any atom is 0.222 e. The van der Waals surface area contributed by atoms with E-state index in [-0.39, 0.29) is 11.5 Å². The summed E-state index contributed by atoms with van der Waals surface area (Å²) in [6.45, 7) is 1.17. The topological polar surface area (TPSA) is 53.4 Å². The summed E-state index contributed by atoms with van der Waals surface area (Å²) in [5.41, 5.74) is 0.0557. The number of thiazole rings is 1. The van der Waals surface area contributed by atoms with Crippen molar-refractivity contribution in [2.45, 2.75) is 25.8 Å². The lowest BCUT2D eigenvalue weighted by Gasteiger charge is -2.25. The van der Waals surface area contributed by atoms with Crippen molar-refractivity contribution in [3.05, 3.63) is 34.8 Å². The Morgan fingerprint density at radius 2 is 2.14 bits per heavy atom. The number of likely N-dealkylation sites (tertiary alicyclic amines) is 1. The van der Waals surface area contributed by atoms with Crippen molar-refractivity contribution in [2.75, 3.05) is 6.54 Å². The van der Waals surface area contributed by atoms with Crippen LogP contribution in [0.3, 0.4) is 0 Å². The lowest BCUT2D eigenvalue weighted by atomic mass is 10.1. The minimum atomic E-state index is -1.02. The van der Waals surface area contributed by atoms with Crippen LogP contribution in [0.5, 0.6) is 5.75 Å². The Balaban J connectivity index is 1.82. The van der Waals surface area contributed by atoms with Crippen LogP contribution in [0.2, 0.25) is 0 Å². The SMILES string of the molecule is O=C1CCCCN1Cc1cnc(-c2ccc(F)c(O)c2F)s1. The molecule has 22 heavy (non-hydrogen) atoms. The highest BCUT2D eigenvalue weighted by Crippen LogP contribution is 2.33. The number of halogens is 2. The van der Waals surface area contributed by atoms with Crippen molar-refractivity contribution in [1.29, 1.82) is 0 Å². The largest absolute Gasteiger partial charge is 0.503 e. The van der Waals surface area contributed by atoms with E-state index in [0.717, 1.165) is 30.3 Å². The number of carbonyl (C=O) groups is 1. The number of benzene rings is 1. The smallest absolute Gasteiger partial charge is 0.222 e. The van der Waals surface area contributed by atoms with Gasteiger partial charge in [0.1, 0.15) is 5.01 Å². The van der Waals surface area contributed by atoms with Gasteiger partial charge in [0.05, 0.1) is 12.1 Å². The highest BCUT2D eigenvalue weighted by molar-refractivity contribution is 7.15. The molecule has 0 spiro atoms. The molecule has 2 heterocycles. The van der Waals surface area contributed by atoms with Gasteiger partial charge in [-0.2, -0.15) is 0 Å². The average Bonchev–Trinajstić information content (AvgIpc) is 2.96. The summed E-state index contributed by atoms with van der Waals surface area (Å²) in [5, 5.41) is 9.68. The van der Waals surface area contributed by atoms with Gasteiger partial charge in [-0.3, -0.25) is 4.79 Å². The molecule has 7 heteroatoms. The van der Waals surface area contributed by atoms with Crippen LogP contribution in [0.15, 0.2) is 18.3 Å². The molecule has 1 aromatic heterocycles. The van der Waals surface area contributed by atoms with Crippen LogP contribution >= 0.6 is 11.3 Å². The van der Waals surface area contributed by atoms with Crippen LogP contribution in [0, 0.1) is 11.6 Å². The van der Waals surface area contributed by atoms with E-state index >= 15 is 0 Å². The monoisotopic (exact) mass is 324 g/mol. The van der Waals surface area contributed by atoms with Crippen LogP contribution in [0.1, 0.15) is 24.1 Å². The number of phenols is 1. The summed E-state index contributed by atoms with van der Waals surface area (Å²) >= 11 is 1.23. The number of aromatic nitrogens is 1. The average molecular weight is 324 g/mol. The number of phenolic OH excluding ortho intramolecular Hbond substituents is 1. The van der Waals surface area contributed by atoms with Crippen LogP contribution in [0.4, 0.5) is 8.78 Å². The van der Waals surface area contributed by atoms with Crippen molar-refractivity contribution in [3.8, 4) is 16.3 Å². The molecule has 0 unspecified atom stereocenters. The number of carbonyl (C=O) groups excluding carboxylic acids is 1. The van der Waals surface area contributed by atoms with E-state index < -0.39 is 17.4 Å². The molecule has 116 valence electrons. The van der Waals surface area contributed by atoms with Gasteiger partial charge in [-0.1, -0.05) is 0 Å². The fourth-order valence-corrected chi connectivity index (χ4v) is 3.38. The van der Waals surface area contributed by atoms with Gasteiger partial charge in [-0.15, -0.1) is 11.3 Å². The van der Waals surface area contributed by atoms with Gasteiger partial charge in [-0.25, -0.2) is 13.8 Å². The maximum atomic E-state index is 13.9. The third-order valence-corrected chi connectivity index (χ3v) is 4.63. The number of nitrogens with zero attached hydrogens (tertiary/aromatic N) is 2. The van der Waals surface area contributed by atoms with E-state index in [9.17, 15) is 18.7 Å². The zero-order valence-corrected chi connectivity index (χ0v) is 12.5. The summed E-state index contributed by atoms with van der Waals surface area (Å²) in [4.78, 5) is 18.5. The zero-order valence-electron chi connectivity index (χ0n) is 11.7. The minimum absolute atomic E-state index is 0.0557. The molecule has 1 amide bonds. The van der Waals surface area contributed by atoms with E-state index in [1.807, 2.05) is 0 Å². The Bertz CT molecular complexity index is 718. The van der Waals surface area contributed by atoms with E-state index in [1.165, 1.54) is 17.4 Å². The summed E-state index contributed by atoms with van der Waals surface area (Å²) in [7, 11) is 0. The molecule has 1 N–H and O–H groups in total. The fourth-order valence-electron chi connectivity index (χ4n) is 2.43. The van der Waals surface area contributed by atoms with Gasteiger partial charge in [0, 0.05) is 24.0 Å². The van der Waals surface area contributed by atoms with Crippen molar-refractivity contribution >= 4 is 17.2 Å². The van der Waals surface area contributed by atoms with E-state index in [2.05, 4.69) is 4.98 Å². The summed E-state index contributed by atoms with van der Waals surface area (Å²) in [6.07, 6.45) is 4.05. The van der Waals surface area contributed by atoms with Crippen molar-refractivity contribution in [3.63, 3.8) is 0 Å². The molecule has 2 aromatic rings. The second kappa shape index (κ2) is 6.00. The normalized spacial score (nSPS) is 15.4. The molecule has 1 aliphatic heterocycles. The molecule has 0 bridgehead atoms. The molecule has 0 aliphatic carbocycles. The first-order valence-electron chi connectivity index (χ1n) is 6.96. The Kier molecular flexibility index (Phi) is 4.06. The first kappa shape index (κ1) is 14.9. The molecule has 0 atom stereocenters. The third-order valence-electron chi connectivity index (χ3n) is 3.62. The van der Waals surface area contributed by atoms with E-state index in [1.54, 1.807) is 11.1 Å². The number of amides is 1. The highest BCUT2D eigenvalue weighted by atomic mass is 32.1. The summed E-state index contributed by atoms with van der Waals surface area (Å²) in [5.74, 6) is -2.90. The van der Waals surface area contributed by atoms with E-state index in [0.29, 0.717) is 18.0 Å². The molecule has 1 aromatic carbocycles. The predicted molar refractivity (Wildman–Crippen MR) is 78.4 cm³/mol. The number of piperidine rings is 1. The number of hydrogen-bond acceptors (Lipinski definition) is 4. The zero-order chi connectivity index (χ0) is 15.7. The van der Waals surface area contributed by atoms with Gasteiger partial charge in [0.2, 0.25) is 5.91 Å². The van der Waals surface area contributed by atoms with E-state index in [4.69, 9.17) is 0 Å².